The molecular weight excluding hydrogens is 292 g/mol. The third kappa shape index (κ3) is 4.60. The Hall–Kier alpha value is -1.78. The van der Waals surface area contributed by atoms with Gasteiger partial charge >= 0.3 is 5.97 Å². The van der Waals surface area contributed by atoms with E-state index >= 15 is 0 Å². The Morgan fingerprint density at radius 2 is 1.91 bits per heavy atom. The van der Waals surface area contributed by atoms with Crippen molar-refractivity contribution in [2.75, 3.05) is 6.61 Å². The lowest BCUT2D eigenvalue weighted by Crippen LogP contribution is -2.36. The first-order chi connectivity index (χ1) is 11.0. The van der Waals surface area contributed by atoms with Crippen molar-refractivity contribution in [2.45, 2.75) is 71.8 Å². The van der Waals surface area contributed by atoms with Crippen molar-refractivity contribution < 1.29 is 14.3 Å². The van der Waals surface area contributed by atoms with Crippen LogP contribution < -0.4 is 5.32 Å². The van der Waals surface area contributed by atoms with Crippen molar-refractivity contribution in [1.82, 2.24) is 10.3 Å². The monoisotopic (exact) mass is 320 g/mol. The smallest absolute Gasteiger partial charge is 0.340 e. The van der Waals surface area contributed by atoms with Crippen LogP contribution in [0.5, 0.6) is 0 Å². The summed E-state index contributed by atoms with van der Waals surface area (Å²) in [6.07, 6.45) is 6.96. The van der Waals surface area contributed by atoms with Gasteiger partial charge in [0.15, 0.2) is 0 Å². The number of amides is 1. The molecule has 1 aliphatic rings. The zero-order chi connectivity index (χ0) is 16.8. The Bertz CT molecular complexity index is 557. The minimum atomic E-state index is -0.295. The molecule has 1 amide bonds. The summed E-state index contributed by atoms with van der Waals surface area (Å²) >= 11 is 0. The number of hydrogen-bond donors (Lipinski definition) is 2. The molecule has 2 N–H and O–H groups in total. The number of nitrogens with one attached hydrogen (secondary N) is 2. The number of ether oxygens (including phenoxy) is 1. The van der Waals surface area contributed by atoms with Crippen LogP contribution in [-0.4, -0.2) is 29.5 Å². The number of esters is 1. The number of carbonyl (C=O) groups is 2. The molecule has 1 aromatic heterocycles. The van der Waals surface area contributed by atoms with Gasteiger partial charge in [0.2, 0.25) is 5.91 Å². The molecule has 0 radical (unpaired) electrons. The summed E-state index contributed by atoms with van der Waals surface area (Å²) < 4.78 is 5.09. The Kier molecular flexibility index (Phi) is 6.25. The first-order valence-electron chi connectivity index (χ1n) is 8.67. The van der Waals surface area contributed by atoms with Crippen LogP contribution in [-0.2, 0) is 16.0 Å². The SMILES string of the molecule is CCOC(=O)c1c(C)[nH]c(CCC(=O)NC2CCCCC2)c1C. The number of aromatic nitrogens is 1. The fourth-order valence-corrected chi connectivity index (χ4v) is 3.36. The normalized spacial score (nSPS) is 15.4. The van der Waals surface area contributed by atoms with Crippen molar-refractivity contribution >= 4 is 11.9 Å². The van der Waals surface area contributed by atoms with Gasteiger partial charge in [-0.05, 0) is 45.6 Å². The number of aryl methyl sites for hydroxylation is 2. The molecule has 0 aromatic carbocycles. The standard InChI is InChI=1S/C18H28N2O3/c1-4-23-18(22)17-12(2)15(19-13(17)3)10-11-16(21)20-14-8-6-5-7-9-14/h14,19H,4-11H2,1-3H3,(H,20,21). The molecule has 0 spiro atoms. The molecule has 128 valence electrons. The second-order valence-corrected chi connectivity index (χ2v) is 6.35. The molecule has 5 heteroatoms. The van der Waals surface area contributed by atoms with Gasteiger partial charge in [-0.1, -0.05) is 19.3 Å². The van der Waals surface area contributed by atoms with Crippen LogP contribution in [0.15, 0.2) is 0 Å². The highest BCUT2D eigenvalue weighted by Gasteiger charge is 2.20. The number of hydrogen-bond acceptors (Lipinski definition) is 3. The molecule has 0 saturated heterocycles. The van der Waals surface area contributed by atoms with E-state index in [1.165, 1.54) is 19.3 Å². The number of carbonyl (C=O) groups excluding carboxylic acids is 2. The van der Waals surface area contributed by atoms with E-state index in [-0.39, 0.29) is 11.9 Å². The zero-order valence-electron chi connectivity index (χ0n) is 14.5. The first-order valence-corrected chi connectivity index (χ1v) is 8.67. The third-order valence-electron chi connectivity index (χ3n) is 4.59. The van der Waals surface area contributed by atoms with Gasteiger partial charge in [0.1, 0.15) is 0 Å². The van der Waals surface area contributed by atoms with E-state index in [0.717, 1.165) is 29.8 Å². The number of H-pyrrole nitrogens is 1. The quantitative estimate of drug-likeness (QED) is 0.791. The summed E-state index contributed by atoms with van der Waals surface area (Å²) in [4.78, 5) is 27.3. The predicted octanol–water partition coefficient (Wildman–Crippen LogP) is 3.19. The Balaban J connectivity index is 1.91. The first kappa shape index (κ1) is 17.6. The maximum absolute atomic E-state index is 12.1. The lowest BCUT2D eigenvalue weighted by molar-refractivity contribution is -0.122. The van der Waals surface area contributed by atoms with Gasteiger partial charge in [-0.2, -0.15) is 0 Å². The lowest BCUT2D eigenvalue weighted by atomic mass is 9.95. The molecule has 0 bridgehead atoms. The van der Waals surface area contributed by atoms with E-state index in [9.17, 15) is 9.59 Å². The van der Waals surface area contributed by atoms with E-state index in [2.05, 4.69) is 10.3 Å². The largest absolute Gasteiger partial charge is 0.462 e. The van der Waals surface area contributed by atoms with E-state index in [1.807, 2.05) is 13.8 Å². The van der Waals surface area contributed by atoms with Crippen molar-refractivity contribution in [2.24, 2.45) is 0 Å². The van der Waals surface area contributed by atoms with Gasteiger partial charge in [-0.25, -0.2) is 4.79 Å². The van der Waals surface area contributed by atoms with Gasteiger partial charge in [0, 0.05) is 23.9 Å². The third-order valence-corrected chi connectivity index (χ3v) is 4.59. The summed E-state index contributed by atoms with van der Waals surface area (Å²) in [5.74, 6) is -0.196. The molecule has 0 aliphatic heterocycles. The summed E-state index contributed by atoms with van der Waals surface area (Å²) in [5.41, 5.74) is 3.26. The average molecular weight is 320 g/mol. The van der Waals surface area contributed by atoms with Crippen LogP contribution in [0.4, 0.5) is 0 Å². The highest BCUT2D eigenvalue weighted by Crippen LogP contribution is 2.21. The Morgan fingerprint density at radius 3 is 2.57 bits per heavy atom. The number of rotatable bonds is 6. The highest BCUT2D eigenvalue weighted by atomic mass is 16.5. The van der Waals surface area contributed by atoms with Gasteiger partial charge in [-0.15, -0.1) is 0 Å². The molecule has 1 heterocycles. The Labute approximate surface area is 138 Å². The molecule has 1 fully saturated rings. The summed E-state index contributed by atoms with van der Waals surface area (Å²) in [5, 5.41) is 3.13. The molecule has 23 heavy (non-hydrogen) atoms. The van der Waals surface area contributed by atoms with Gasteiger partial charge < -0.3 is 15.0 Å². The van der Waals surface area contributed by atoms with Crippen LogP contribution in [0.2, 0.25) is 0 Å². The van der Waals surface area contributed by atoms with Gasteiger partial charge in [0.25, 0.3) is 0 Å². The summed E-state index contributed by atoms with van der Waals surface area (Å²) in [6.45, 7) is 5.93. The average Bonchev–Trinajstić information content (AvgIpc) is 2.80. The molecule has 0 atom stereocenters. The zero-order valence-corrected chi connectivity index (χ0v) is 14.5. The second-order valence-electron chi connectivity index (χ2n) is 6.35. The molecule has 1 aliphatic carbocycles. The van der Waals surface area contributed by atoms with E-state index in [0.29, 0.717) is 31.1 Å². The lowest BCUT2D eigenvalue weighted by Gasteiger charge is -2.22. The van der Waals surface area contributed by atoms with E-state index in [1.54, 1.807) is 6.92 Å². The van der Waals surface area contributed by atoms with Gasteiger partial charge in [-0.3, -0.25) is 4.79 Å². The molecular formula is C18H28N2O3. The maximum Gasteiger partial charge on any atom is 0.340 e. The minimum absolute atomic E-state index is 0.0984. The van der Waals surface area contributed by atoms with Crippen LogP contribution >= 0.6 is 0 Å². The Morgan fingerprint density at radius 1 is 1.22 bits per heavy atom. The van der Waals surface area contributed by atoms with Crippen molar-refractivity contribution in [1.29, 1.82) is 0 Å². The number of aromatic amines is 1. The van der Waals surface area contributed by atoms with Crippen LogP contribution in [0, 0.1) is 13.8 Å². The molecule has 5 nitrogen and oxygen atoms in total. The van der Waals surface area contributed by atoms with Crippen molar-refractivity contribution in [3.63, 3.8) is 0 Å². The topological polar surface area (TPSA) is 71.2 Å². The van der Waals surface area contributed by atoms with Crippen LogP contribution in [0.1, 0.15) is 72.8 Å². The van der Waals surface area contributed by atoms with Crippen LogP contribution in [0.25, 0.3) is 0 Å². The molecule has 1 aromatic rings. The minimum Gasteiger partial charge on any atom is -0.462 e. The van der Waals surface area contributed by atoms with E-state index < -0.39 is 0 Å². The maximum atomic E-state index is 12.1. The van der Waals surface area contributed by atoms with E-state index in [4.69, 9.17) is 4.74 Å². The van der Waals surface area contributed by atoms with Gasteiger partial charge in [0.05, 0.1) is 12.2 Å². The van der Waals surface area contributed by atoms with Crippen LogP contribution in [0.3, 0.4) is 0 Å². The molecule has 2 rings (SSSR count). The fraction of sp³-hybridized carbons (Fsp3) is 0.667. The summed E-state index contributed by atoms with van der Waals surface area (Å²) in [6, 6.07) is 0.345. The second kappa shape index (κ2) is 8.18. The summed E-state index contributed by atoms with van der Waals surface area (Å²) in [7, 11) is 0. The molecule has 0 unspecified atom stereocenters. The highest BCUT2D eigenvalue weighted by molar-refractivity contribution is 5.92. The fourth-order valence-electron chi connectivity index (χ4n) is 3.36. The predicted molar refractivity (Wildman–Crippen MR) is 89.6 cm³/mol. The molecule has 1 saturated carbocycles. The van der Waals surface area contributed by atoms with Crippen molar-refractivity contribution in [3.8, 4) is 0 Å². The van der Waals surface area contributed by atoms with Crippen molar-refractivity contribution in [3.05, 3.63) is 22.5 Å².